The standard InChI is InChI=1S/C12H18O2.C11H13N3.C7H14.C2H6/c1-4-10-9-11(13-5-2)7-8-12(10)14-6-3;1-8-12-10-7-5-4-6-9(10)11(13-8)14(2)3;1-7-5-3-2-4-6-7;1-2/h7-9H,4-6H2,1-3H3;4-7H,1-3H3;7H,2-6H2,1H3;1-2H3. The number of aromatic nitrogens is 2. The number of hydrogen-bond donors (Lipinski definition) is 0. The Morgan fingerprint density at radius 3 is 2.05 bits per heavy atom. The first-order valence-corrected chi connectivity index (χ1v) is 14.2. The normalized spacial score (nSPS) is 12.7. The first-order chi connectivity index (χ1) is 17.9. The molecule has 0 atom stereocenters. The minimum absolute atomic E-state index is 0.705. The molecule has 2 aromatic carbocycles. The van der Waals surface area contributed by atoms with Crippen molar-refractivity contribution < 1.29 is 9.47 Å². The van der Waals surface area contributed by atoms with Gasteiger partial charge in [0.25, 0.3) is 0 Å². The highest BCUT2D eigenvalue weighted by atomic mass is 16.5. The predicted octanol–water partition coefficient (Wildman–Crippen LogP) is 8.66. The van der Waals surface area contributed by atoms with Gasteiger partial charge in [0.1, 0.15) is 23.1 Å². The molecule has 0 N–H and O–H groups in total. The van der Waals surface area contributed by atoms with E-state index in [1.54, 1.807) is 0 Å². The van der Waals surface area contributed by atoms with E-state index in [1.807, 2.05) is 90.0 Å². The quantitative estimate of drug-likeness (QED) is 0.333. The Hall–Kier alpha value is -2.82. The van der Waals surface area contributed by atoms with Crippen molar-refractivity contribution in [3.8, 4) is 11.5 Å². The summed E-state index contributed by atoms with van der Waals surface area (Å²) in [6, 6.07) is 14.0. The van der Waals surface area contributed by atoms with Crippen LogP contribution in [-0.4, -0.2) is 37.3 Å². The second-order valence-electron chi connectivity index (χ2n) is 9.24. The van der Waals surface area contributed by atoms with Gasteiger partial charge in [-0.25, -0.2) is 9.97 Å². The molecule has 3 aromatic rings. The van der Waals surface area contributed by atoms with Gasteiger partial charge < -0.3 is 14.4 Å². The van der Waals surface area contributed by atoms with Gasteiger partial charge in [0, 0.05) is 19.5 Å². The Kier molecular flexibility index (Phi) is 16.0. The van der Waals surface area contributed by atoms with Crippen LogP contribution in [-0.2, 0) is 6.42 Å². The summed E-state index contributed by atoms with van der Waals surface area (Å²) in [5.41, 5.74) is 2.21. The molecule has 1 fully saturated rings. The van der Waals surface area contributed by atoms with Gasteiger partial charge in [-0.3, -0.25) is 0 Å². The fourth-order valence-corrected chi connectivity index (χ4v) is 4.21. The van der Waals surface area contributed by atoms with Crippen LogP contribution in [0.1, 0.15) is 85.0 Å². The van der Waals surface area contributed by atoms with Gasteiger partial charge in [-0.15, -0.1) is 0 Å². The molecule has 0 saturated heterocycles. The number of hydrogen-bond acceptors (Lipinski definition) is 5. The molecule has 37 heavy (non-hydrogen) atoms. The Bertz CT molecular complexity index is 1010. The van der Waals surface area contributed by atoms with Crippen molar-refractivity contribution in [1.29, 1.82) is 0 Å². The van der Waals surface area contributed by atoms with Crippen LogP contribution in [0.5, 0.6) is 11.5 Å². The van der Waals surface area contributed by atoms with Gasteiger partial charge in [-0.1, -0.05) is 71.9 Å². The summed E-state index contributed by atoms with van der Waals surface area (Å²) < 4.78 is 10.9. The number of benzene rings is 2. The summed E-state index contributed by atoms with van der Waals surface area (Å²) in [7, 11) is 3.99. The first kappa shape index (κ1) is 32.2. The number of fused-ring (bicyclic) bond motifs is 1. The zero-order chi connectivity index (χ0) is 27.6. The summed E-state index contributed by atoms with van der Waals surface area (Å²) in [5.74, 6) is 4.72. The molecule has 4 rings (SSSR count). The molecule has 0 spiro atoms. The molecule has 206 valence electrons. The molecule has 0 aliphatic heterocycles. The maximum absolute atomic E-state index is 5.51. The zero-order valence-corrected chi connectivity index (χ0v) is 24.9. The van der Waals surface area contributed by atoms with Gasteiger partial charge in [-0.05, 0) is 69.0 Å². The van der Waals surface area contributed by atoms with Crippen LogP contribution in [0.3, 0.4) is 0 Å². The number of nitrogens with zero attached hydrogens (tertiary/aromatic N) is 3. The van der Waals surface area contributed by atoms with Gasteiger partial charge in [0.2, 0.25) is 0 Å². The summed E-state index contributed by atoms with van der Waals surface area (Å²) in [6.07, 6.45) is 8.41. The van der Waals surface area contributed by atoms with E-state index in [9.17, 15) is 0 Å². The summed E-state index contributed by atoms with van der Waals surface area (Å²) in [5, 5.41) is 1.10. The fourth-order valence-electron chi connectivity index (χ4n) is 4.21. The lowest BCUT2D eigenvalue weighted by molar-refractivity contribution is 0.327. The zero-order valence-electron chi connectivity index (χ0n) is 24.9. The van der Waals surface area contributed by atoms with Gasteiger partial charge >= 0.3 is 0 Å². The van der Waals surface area contributed by atoms with Crippen LogP contribution in [0.2, 0.25) is 0 Å². The summed E-state index contributed by atoms with van der Waals surface area (Å²) in [6.45, 7) is 15.8. The molecular weight excluding hydrogens is 458 g/mol. The lowest BCUT2D eigenvalue weighted by Gasteiger charge is -2.15. The molecule has 1 saturated carbocycles. The van der Waals surface area contributed by atoms with E-state index in [-0.39, 0.29) is 0 Å². The van der Waals surface area contributed by atoms with Crippen molar-refractivity contribution in [3.05, 3.63) is 53.9 Å². The monoisotopic (exact) mass is 509 g/mol. The second kappa shape index (κ2) is 18.4. The van der Waals surface area contributed by atoms with E-state index >= 15 is 0 Å². The maximum Gasteiger partial charge on any atom is 0.139 e. The minimum Gasteiger partial charge on any atom is -0.494 e. The van der Waals surface area contributed by atoms with Gasteiger partial charge in [0.15, 0.2) is 0 Å². The van der Waals surface area contributed by atoms with Gasteiger partial charge in [-0.2, -0.15) is 0 Å². The molecule has 1 aliphatic rings. The van der Waals surface area contributed by atoms with Crippen LogP contribution >= 0.6 is 0 Å². The average molecular weight is 510 g/mol. The first-order valence-electron chi connectivity index (χ1n) is 14.2. The molecule has 1 heterocycles. The van der Waals surface area contributed by atoms with Crippen molar-refractivity contribution in [1.82, 2.24) is 9.97 Å². The second-order valence-corrected chi connectivity index (χ2v) is 9.24. The summed E-state index contributed by atoms with van der Waals surface area (Å²) in [4.78, 5) is 10.8. The fraction of sp³-hybridized carbons (Fsp3) is 0.562. The highest BCUT2D eigenvalue weighted by Gasteiger charge is 2.07. The third kappa shape index (κ3) is 11.4. The van der Waals surface area contributed by atoms with E-state index in [0.29, 0.717) is 13.2 Å². The molecule has 0 amide bonds. The minimum atomic E-state index is 0.705. The van der Waals surface area contributed by atoms with Crippen LogP contribution < -0.4 is 14.4 Å². The molecule has 0 unspecified atom stereocenters. The average Bonchev–Trinajstić information content (AvgIpc) is 2.91. The Morgan fingerprint density at radius 1 is 0.865 bits per heavy atom. The van der Waals surface area contributed by atoms with Crippen molar-refractivity contribution in [2.75, 3.05) is 32.2 Å². The molecule has 1 aromatic heterocycles. The highest BCUT2D eigenvalue weighted by molar-refractivity contribution is 5.89. The lowest BCUT2D eigenvalue weighted by atomic mass is 9.91. The largest absolute Gasteiger partial charge is 0.494 e. The maximum atomic E-state index is 5.51. The molecule has 0 radical (unpaired) electrons. The smallest absolute Gasteiger partial charge is 0.139 e. The van der Waals surface area contributed by atoms with Crippen LogP contribution in [0.4, 0.5) is 5.82 Å². The third-order valence-corrected chi connectivity index (χ3v) is 6.04. The highest BCUT2D eigenvalue weighted by Crippen LogP contribution is 2.25. The van der Waals surface area contributed by atoms with Crippen LogP contribution in [0.25, 0.3) is 10.9 Å². The lowest BCUT2D eigenvalue weighted by Crippen LogP contribution is -2.12. The van der Waals surface area contributed by atoms with Crippen molar-refractivity contribution >= 4 is 16.7 Å². The number of rotatable bonds is 6. The number of aryl methyl sites for hydroxylation is 2. The summed E-state index contributed by atoms with van der Waals surface area (Å²) >= 11 is 0. The van der Waals surface area contributed by atoms with Crippen molar-refractivity contribution in [2.45, 2.75) is 87.0 Å². The number of ether oxygens (including phenoxy) is 2. The Balaban J connectivity index is 0.000000282. The third-order valence-electron chi connectivity index (χ3n) is 6.04. The van der Waals surface area contributed by atoms with E-state index in [1.165, 1.54) is 37.7 Å². The predicted molar refractivity (Wildman–Crippen MR) is 160 cm³/mol. The molecule has 5 nitrogen and oxygen atoms in total. The van der Waals surface area contributed by atoms with E-state index < -0.39 is 0 Å². The molecule has 0 bridgehead atoms. The van der Waals surface area contributed by atoms with E-state index in [4.69, 9.17) is 9.47 Å². The van der Waals surface area contributed by atoms with Crippen molar-refractivity contribution in [2.24, 2.45) is 5.92 Å². The van der Waals surface area contributed by atoms with Crippen LogP contribution in [0.15, 0.2) is 42.5 Å². The molecule has 1 aliphatic carbocycles. The van der Waals surface area contributed by atoms with Gasteiger partial charge in [0.05, 0.1) is 18.7 Å². The van der Waals surface area contributed by atoms with E-state index in [0.717, 1.165) is 46.4 Å². The Morgan fingerprint density at radius 2 is 1.51 bits per heavy atom. The Labute approximate surface area is 226 Å². The SMILES string of the molecule is CC.CC1CCCCC1.CCOc1ccc(OCC)c(CC)c1.Cc1nc(N(C)C)c2ccccc2n1. The molecular formula is C32H51N3O2. The number of anilines is 1. The topological polar surface area (TPSA) is 47.5 Å². The van der Waals surface area contributed by atoms with E-state index in [2.05, 4.69) is 29.9 Å². The van der Waals surface area contributed by atoms with Crippen molar-refractivity contribution in [3.63, 3.8) is 0 Å². The molecule has 5 heteroatoms. The van der Waals surface area contributed by atoms with Crippen LogP contribution in [0, 0.1) is 12.8 Å². The number of para-hydroxylation sites is 1.